The molecule has 0 saturated carbocycles. The van der Waals surface area contributed by atoms with E-state index >= 15 is 0 Å². The molecule has 238 valence electrons. The fraction of sp³-hybridized carbons (Fsp3) is 0.676. The lowest BCUT2D eigenvalue weighted by Gasteiger charge is -2.22. The second kappa shape index (κ2) is 28.0. The molecule has 0 amide bonds. The number of aliphatic hydroxyl groups is 1. The van der Waals surface area contributed by atoms with E-state index in [4.69, 9.17) is 78.0 Å². The minimum Gasteiger partial charge on any atom is -0.396 e. The van der Waals surface area contributed by atoms with E-state index in [-0.39, 0.29) is 13.0 Å². The summed E-state index contributed by atoms with van der Waals surface area (Å²) >= 11 is 0. The van der Waals surface area contributed by atoms with Gasteiger partial charge in [0.25, 0.3) is 0 Å². The van der Waals surface area contributed by atoms with Crippen LogP contribution in [-0.4, -0.2) is 57.4 Å². The van der Waals surface area contributed by atoms with Crippen LogP contribution in [0.3, 0.4) is 0 Å². The monoisotopic (exact) mass is 635 g/mol. The van der Waals surface area contributed by atoms with Gasteiger partial charge in [-0.25, -0.2) is 0 Å². The molecular formula is C37H60O5. The van der Waals surface area contributed by atoms with E-state index in [0.717, 1.165) is 0 Å². The van der Waals surface area contributed by atoms with Gasteiger partial charge in [-0.15, -0.1) is 0 Å². The molecule has 42 heavy (non-hydrogen) atoms. The Bertz CT molecular complexity index is 2950. The average Bonchev–Trinajstić information content (AvgIpc) is 0.719. The molecule has 1 saturated heterocycles. The zero-order valence-electron chi connectivity index (χ0n) is 71.5. The molecule has 2 aromatic rings. The quantitative estimate of drug-likeness (QED) is 0.125. The molecule has 1 atom stereocenters. The maximum Gasteiger partial charge on any atom is 0.157 e. The number of hydrogen-bond acceptors (Lipinski definition) is 5. The maximum absolute atomic E-state index is 9.41. The standard InChI is InChI=1S/C21H34O3.C16H26O2/c1(2-9-18-23-21-15-7-11-19-24-21)8-16-22-17-10-6-14-20-12-4-3-5-13-20;17-13-7-1-2-8-14-18-15-9-6-12-16-10-4-3-5-11-16/h3-5,12-13,21H,1-2,6-11,14-19H2;3-5,10-11,17H,1-2,6-9,12-15H2/i1D2,2D2,3D,4D,5D,6D2,8D2,9D2,10D2,12D,13D,14D2,16D2,17D2,18D2;1D2,2D2,3D,4D,5D,6D2,7D2,8D2,9D2,10D,11D,12D2,13D2,14D2,15D2. The van der Waals surface area contributed by atoms with Gasteiger partial charge in [0.2, 0.25) is 0 Å². The van der Waals surface area contributed by atoms with Crippen LogP contribution in [0.4, 0.5) is 0 Å². The van der Waals surface area contributed by atoms with Crippen LogP contribution < -0.4 is 0 Å². The van der Waals surface area contributed by atoms with Crippen LogP contribution in [0.1, 0.15) is 175 Å². The van der Waals surface area contributed by atoms with Gasteiger partial charge in [-0.2, -0.15) is 0 Å². The molecule has 5 nitrogen and oxygen atoms in total. The van der Waals surface area contributed by atoms with Crippen molar-refractivity contribution in [1.29, 1.82) is 0 Å². The smallest absolute Gasteiger partial charge is 0.157 e. The molecule has 0 aromatic heterocycles. The highest BCUT2D eigenvalue weighted by molar-refractivity contribution is 5.15. The summed E-state index contributed by atoms with van der Waals surface area (Å²) in [4.78, 5) is 0. The van der Waals surface area contributed by atoms with Gasteiger partial charge in [0.15, 0.2) is 6.29 Å². The highest BCUT2D eigenvalue weighted by Crippen LogP contribution is 2.14. The van der Waals surface area contributed by atoms with Crippen molar-refractivity contribution in [3.8, 4) is 0 Å². The first kappa shape index (κ1) is 7.44. The molecule has 1 aliphatic rings. The van der Waals surface area contributed by atoms with Crippen molar-refractivity contribution in [1.82, 2.24) is 0 Å². The van der Waals surface area contributed by atoms with Gasteiger partial charge in [0.05, 0.1) is 30.2 Å². The molecule has 0 spiro atoms. The van der Waals surface area contributed by atoms with Crippen molar-refractivity contribution < 1.29 is 92.6 Å². The van der Waals surface area contributed by atoms with E-state index in [2.05, 4.69) is 9.47 Å². The first-order chi connectivity index (χ1) is 39.8. The number of rotatable bonds is 24. The van der Waals surface area contributed by atoms with Crippen LogP contribution in [0.25, 0.3) is 0 Å². The van der Waals surface area contributed by atoms with Gasteiger partial charge in [0, 0.05) is 84.3 Å². The topological polar surface area (TPSA) is 57.2 Å². The molecule has 1 fully saturated rings. The van der Waals surface area contributed by atoms with Crippen molar-refractivity contribution in [2.45, 2.75) is 115 Å². The SMILES string of the molecule is [2H]c1c([2H])c([2H])c(C([2H])([2H])C([2H])([2H])C([2H])([2H])C([2H])([2H])OC([2H])([2H])C([2H])([2H])C([2H])([2H])C([2H])([2H])C([2H])([2H])C([2H])([2H])O)c([2H])c1[2H].[2H]c1c([2H])c([2H])c(C([2H])([2H])C([2H])([2H])C([2H])([2H])C([2H])([2H])OC([2H])([2H])C([2H])([2H])C([2H])([2H])C([2H])([2H])C([2H])([2H])C([2H])([2H])OC2CCCCO2)c([2H])c1[2H]. The summed E-state index contributed by atoms with van der Waals surface area (Å²) in [5.74, 6) is 0. The Morgan fingerprint density at radius 2 is 1.10 bits per heavy atom. The molecule has 0 aliphatic carbocycles. The van der Waals surface area contributed by atoms with E-state index in [0.29, 0.717) is 12.8 Å². The van der Waals surface area contributed by atoms with Crippen LogP contribution in [0.2, 0.25) is 0 Å². The van der Waals surface area contributed by atoms with Gasteiger partial charge in [-0.3, -0.25) is 0 Å². The molecule has 2 aromatic carbocycles. The van der Waals surface area contributed by atoms with Crippen LogP contribution in [0, 0.1) is 0 Å². The molecule has 1 aliphatic heterocycles. The Kier molecular flexibility index (Phi) is 4.97. The molecule has 0 radical (unpaired) electrons. The summed E-state index contributed by atoms with van der Waals surface area (Å²) in [5, 5.41) is 9.41. The third kappa shape index (κ3) is 21.9. The summed E-state index contributed by atoms with van der Waals surface area (Å²) < 4.78 is 416. The fourth-order valence-electron chi connectivity index (χ4n) is 2.15. The molecule has 1 heterocycles. The fourth-order valence-corrected chi connectivity index (χ4v) is 2.15. The zero-order chi connectivity index (χ0) is 74.2. The Morgan fingerprint density at radius 1 is 0.619 bits per heavy atom. The van der Waals surface area contributed by atoms with Crippen LogP contribution in [-0.2, 0) is 31.7 Å². The largest absolute Gasteiger partial charge is 0.396 e. The number of hydrogen-bond donors (Lipinski definition) is 1. The minimum absolute atomic E-state index is 0.0293. The zero-order valence-corrected chi connectivity index (χ0v) is 21.5. The van der Waals surface area contributed by atoms with Crippen LogP contribution >= 0.6 is 0 Å². The summed E-state index contributed by atoms with van der Waals surface area (Å²) in [6.07, 6.45) is -62.0. The highest BCUT2D eigenvalue weighted by atomic mass is 16.7. The van der Waals surface area contributed by atoms with Gasteiger partial charge in [-0.1, -0.05) is 85.9 Å². The highest BCUT2D eigenvalue weighted by Gasteiger charge is 2.13. The lowest BCUT2D eigenvalue weighted by Crippen LogP contribution is -2.22. The molecule has 1 N–H and O–H groups in total. The maximum atomic E-state index is 9.41. The first-order valence-electron chi connectivity index (χ1n) is 36.4. The molecule has 3 rings (SSSR count). The molecule has 0 bridgehead atoms. The van der Waals surface area contributed by atoms with Crippen molar-refractivity contribution in [3.63, 3.8) is 0 Å². The number of benzene rings is 2. The van der Waals surface area contributed by atoms with Crippen LogP contribution in [0.5, 0.6) is 0 Å². The normalized spacial score (nSPS) is 39.1. The average molecular weight is 635 g/mol. The number of ether oxygens (including phenoxy) is 4. The summed E-state index contributed by atoms with van der Waals surface area (Å²) in [7, 11) is 0. The van der Waals surface area contributed by atoms with Gasteiger partial charge >= 0.3 is 0 Å². The van der Waals surface area contributed by atoms with E-state index in [9.17, 15) is 5.11 Å². The Morgan fingerprint density at radius 3 is 1.57 bits per heavy atom. The predicted octanol–water partition coefficient (Wildman–Crippen LogP) is 8.71. The molecular weight excluding hydrogens is 524 g/mol. The summed E-state index contributed by atoms with van der Waals surface area (Å²) in [5.41, 5.74) is -2.95. The van der Waals surface area contributed by atoms with Crippen molar-refractivity contribution >= 4 is 0 Å². The van der Waals surface area contributed by atoms with E-state index in [1.807, 2.05) is 0 Å². The third-order valence-corrected chi connectivity index (χ3v) is 3.72. The second-order valence-corrected chi connectivity index (χ2v) is 6.49. The molecule has 1 unspecified atom stereocenters. The molecule has 5 heteroatoms. The Labute approximate surface area is 327 Å². The van der Waals surface area contributed by atoms with E-state index in [1.165, 1.54) is 0 Å². The third-order valence-electron chi connectivity index (χ3n) is 3.72. The van der Waals surface area contributed by atoms with Gasteiger partial charge in [0.1, 0.15) is 0 Å². The van der Waals surface area contributed by atoms with Crippen molar-refractivity contribution in [2.75, 3.05) is 46.0 Å². The minimum atomic E-state index is -4.62. The van der Waals surface area contributed by atoms with Crippen molar-refractivity contribution in [2.24, 2.45) is 0 Å². The summed E-state index contributed by atoms with van der Waals surface area (Å²) in [6, 6.07) is -12.1. The van der Waals surface area contributed by atoms with Crippen LogP contribution in [0.15, 0.2) is 60.4 Å². The van der Waals surface area contributed by atoms with Gasteiger partial charge < -0.3 is 24.1 Å². The second-order valence-electron chi connectivity index (χ2n) is 6.49. The summed E-state index contributed by atoms with van der Waals surface area (Å²) in [6.45, 7) is -26.3. The van der Waals surface area contributed by atoms with E-state index in [1.54, 1.807) is 0 Å². The van der Waals surface area contributed by atoms with E-state index < -0.39 is 206 Å². The first-order valence-corrected chi connectivity index (χ1v) is 11.4. The Balaban J connectivity index is 0.000000633. The lowest BCUT2D eigenvalue weighted by molar-refractivity contribution is -0.162. The lowest BCUT2D eigenvalue weighted by atomic mass is 10.1. The van der Waals surface area contributed by atoms with Gasteiger partial charge in [-0.05, 0) is 94.1 Å². The Hall–Kier alpha value is -1.76. The predicted molar refractivity (Wildman–Crippen MR) is 174 cm³/mol. The van der Waals surface area contributed by atoms with Crippen molar-refractivity contribution in [3.05, 3.63) is 71.6 Å².